The number of benzene rings is 1. The Kier molecular flexibility index (Phi) is 7.40. The average Bonchev–Trinajstić information content (AvgIpc) is 3.02. The number of aromatic nitrogens is 1. The highest BCUT2D eigenvalue weighted by atomic mass is 35.5. The van der Waals surface area contributed by atoms with Crippen LogP contribution in [0.1, 0.15) is 42.7 Å². The standard InChI is InChI=1S/C18H22ClN3O2S/c1-3-9-22(10-4-2)16(23)11-15-12-25-18(20-15)21-17(24)13-5-7-14(19)8-6-13/h5-8,12H,3-4,9-11H2,1-2H3,(H,20,21,24). The molecule has 0 saturated carbocycles. The molecular formula is C18H22ClN3O2S. The van der Waals surface area contributed by atoms with Gasteiger partial charge in [-0.25, -0.2) is 4.98 Å². The van der Waals surface area contributed by atoms with Crippen molar-refractivity contribution in [3.05, 3.63) is 45.9 Å². The van der Waals surface area contributed by atoms with E-state index in [2.05, 4.69) is 24.1 Å². The van der Waals surface area contributed by atoms with E-state index < -0.39 is 0 Å². The molecule has 0 fully saturated rings. The third-order valence-electron chi connectivity index (χ3n) is 3.55. The van der Waals surface area contributed by atoms with Crippen molar-refractivity contribution in [1.82, 2.24) is 9.88 Å². The van der Waals surface area contributed by atoms with Crippen LogP contribution in [-0.2, 0) is 11.2 Å². The van der Waals surface area contributed by atoms with E-state index in [1.807, 2.05) is 10.3 Å². The third kappa shape index (κ3) is 5.83. The van der Waals surface area contributed by atoms with Crippen LogP contribution in [0.3, 0.4) is 0 Å². The minimum atomic E-state index is -0.248. The van der Waals surface area contributed by atoms with E-state index in [0.717, 1.165) is 25.9 Å². The Balaban J connectivity index is 1.96. The van der Waals surface area contributed by atoms with Crippen molar-refractivity contribution in [1.29, 1.82) is 0 Å². The lowest BCUT2D eigenvalue weighted by Gasteiger charge is -2.20. The first kappa shape index (κ1) is 19.4. The maximum absolute atomic E-state index is 12.4. The van der Waals surface area contributed by atoms with Gasteiger partial charge >= 0.3 is 0 Å². The lowest BCUT2D eigenvalue weighted by Crippen LogP contribution is -2.33. The van der Waals surface area contributed by atoms with Crippen LogP contribution < -0.4 is 5.32 Å². The molecule has 2 aromatic rings. The molecule has 0 spiro atoms. The van der Waals surface area contributed by atoms with E-state index in [0.29, 0.717) is 21.4 Å². The van der Waals surface area contributed by atoms with E-state index in [-0.39, 0.29) is 18.2 Å². The Bertz CT molecular complexity index is 709. The SMILES string of the molecule is CCCN(CCC)C(=O)Cc1csc(NC(=O)c2ccc(Cl)cc2)n1. The summed E-state index contributed by atoms with van der Waals surface area (Å²) in [4.78, 5) is 30.8. The number of carbonyl (C=O) groups is 2. The smallest absolute Gasteiger partial charge is 0.257 e. The molecule has 25 heavy (non-hydrogen) atoms. The summed E-state index contributed by atoms with van der Waals surface area (Å²) in [5.74, 6) is -0.174. The summed E-state index contributed by atoms with van der Waals surface area (Å²) in [5, 5.41) is 5.63. The average molecular weight is 380 g/mol. The summed E-state index contributed by atoms with van der Waals surface area (Å²) in [5.41, 5.74) is 1.19. The van der Waals surface area contributed by atoms with Gasteiger partial charge in [0.25, 0.3) is 5.91 Å². The molecule has 2 amide bonds. The van der Waals surface area contributed by atoms with Crippen molar-refractivity contribution < 1.29 is 9.59 Å². The molecule has 5 nitrogen and oxygen atoms in total. The highest BCUT2D eigenvalue weighted by molar-refractivity contribution is 7.14. The summed E-state index contributed by atoms with van der Waals surface area (Å²) in [6.07, 6.45) is 2.13. The maximum Gasteiger partial charge on any atom is 0.257 e. The Morgan fingerprint density at radius 1 is 1.16 bits per heavy atom. The second-order valence-electron chi connectivity index (χ2n) is 5.66. The molecule has 0 atom stereocenters. The lowest BCUT2D eigenvalue weighted by molar-refractivity contribution is -0.130. The number of anilines is 1. The fourth-order valence-corrected chi connectivity index (χ4v) is 3.22. The molecule has 0 bridgehead atoms. The highest BCUT2D eigenvalue weighted by Gasteiger charge is 2.15. The molecule has 1 aromatic heterocycles. The predicted octanol–water partition coefficient (Wildman–Crippen LogP) is 4.24. The first-order chi connectivity index (χ1) is 12.0. The summed E-state index contributed by atoms with van der Waals surface area (Å²) in [7, 11) is 0. The predicted molar refractivity (Wildman–Crippen MR) is 102 cm³/mol. The molecule has 0 aliphatic carbocycles. The van der Waals surface area contributed by atoms with Crippen molar-refractivity contribution in [2.75, 3.05) is 18.4 Å². The zero-order chi connectivity index (χ0) is 18.2. The monoisotopic (exact) mass is 379 g/mol. The Morgan fingerprint density at radius 3 is 2.40 bits per heavy atom. The number of nitrogens with zero attached hydrogens (tertiary/aromatic N) is 2. The van der Waals surface area contributed by atoms with Crippen molar-refractivity contribution in [3.8, 4) is 0 Å². The van der Waals surface area contributed by atoms with E-state index >= 15 is 0 Å². The highest BCUT2D eigenvalue weighted by Crippen LogP contribution is 2.18. The first-order valence-corrected chi connectivity index (χ1v) is 9.58. The molecule has 0 saturated heterocycles. The Labute approximate surface area is 157 Å². The number of amides is 2. The van der Waals surface area contributed by atoms with Gasteiger partial charge in [-0.15, -0.1) is 11.3 Å². The largest absolute Gasteiger partial charge is 0.342 e. The summed E-state index contributed by atoms with van der Waals surface area (Å²) >= 11 is 7.14. The Hall–Kier alpha value is -1.92. The van der Waals surface area contributed by atoms with Crippen LogP contribution in [0.2, 0.25) is 5.02 Å². The number of nitrogens with one attached hydrogen (secondary N) is 1. The second-order valence-corrected chi connectivity index (χ2v) is 6.96. The lowest BCUT2D eigenvalue weighted by atomic mass is 10.2. The van der Waals surface area contributed by atoms with Crippen LogP contribution in [0.5, 0.6) is 0 Å². The molecule has 1 heterocycles. The van der Waals surface area contributed by atoms with Gasteiger partial charge in [0.1, 0.15) is 0 Å². The van der Waals surface area contributed by atoms with Gasteiger partial charge in [-0.1, -0.05) is 25.4 Å². The van der Waals surface area contributed by atoms with E-state index in [9.17, 15) is 9.59 Å². The van der Waals surface area contributed by atoms with Crippen molar-refractivity contribution in [2.24, 2.45) is 0 Å². The molecule has 7 heteroatoms. The molecule has 0 radical (unpaired) electrons. The molecular weight excluding hydrogens is 358 g/mol. The van der Waals surface area contributed by atoms with Gasteiger partial charge in [-0.2, -0.15) is 0 Å². The van der Waals surface area contributed by atoms with Gasteiger partial charge in [-0.3, -0.25) is 14.9 Å². The molecule has 0 aliphatic heterocycles. The Morgan fingerprint density at radius 2 is 1.80 bits per heavy atom. The number of hydrogen-bond donors (Lipinski definition) is 1. The molecule has 0 unspecified atom stereocenters. The summed E-state index contributed by atoms with van der Waals surface area (Å²) in [6.45, 7) is 5.64. The van der Waals surface area contributed by atoms with Crippen molar-refractivity contribution in [3.63, 3.8) is 0 Å². The number of rotatable bonds is 8. The van der Waals surface area contributed by atoms with Gasteiger partial charge in [0.05, 0.1) is 12.1 Å². The number of hydrogen-bond acceptors (Lipinski definition) is 4. The zero-order valence-corrected chi connectivity index (χ0v) is 16.0. The summed E-state index contributed by atoms with van der Waals surface area (Å²) < 4.78 is 0. The molecule has 2 rings (SSSR count). The normalized spacial score (nSPS) is 10.5. The minimum absolute atomic E-state index is 0.0737. The number of thiazole rings is 1. The number of carbonyl (C=O) groups excluding carboxylic acids is 2. The van der Waals surface area contributed by atoms with Crippen LogP contribution in [-0.4, -0.2) is 34.8 Å². The van der Waals surface area contributed by atoms with Crippen LogP contribution in [0.15, 0.2) is 29.6 Å². The van der Waals surface area contributed by atoms with Gasteiger partial charge in [0.15, 0.2) is 5.13 Å². The first-order valence-electron chi connectivity index (χ1n) is 8.32. The fourth-order valence-electron chi connectivity index (χ4n) is 2.38. The van der Waals surface area contributed by atoms with Crippen LogP contribution in [0.4, 0.5) is 5.13 Å². The van der Waals surface area contributed by atoms with Gasteiger partial charge < -0.3 is 4.90 Å². The van der Waals surface area contributed by atoms with Crippen LogP contribution in [0.25, 0.3) is 0 Å². The molecule has 134 valence electrons. The third-order valence-corrected chi connectivity index (χ3v) is 4.61. The van der Waals surface area contributed by atoms with Crippen LogP contribution in [0, 0.1) is 0 Å². The van der Waals surface area contributed by atoms with E-state index in [1.165, 1.54) is 11.3 Å². The zero-order valence-electron chi connectivity index (χ0n) is 14.4. The van der Waals surface area contributed by atoms with Gasteiger partial charge in [-0.05, 0) is 37.1 Å². The second kappa shape index (κ2) is 9.53. The minimum Gasteiger partial charge on any atom is -0.342 e. The maximum atomic E-state index is 12.4. The fraction of sp³-hybridized carbons (Fsp3) is 0.389. The van der Waals surface area contributed by atoms with E-state index in [4.69, 9.17) is 11.6 Å². The number of halogens is 1. The molecule has 1 aromatic carbocycles. The van der Waals surface area contributed by atoms with Gasteiger partial charge in [0, 0.05) is 29.1 Å². The molecule has 0 aliphatic rings. The quantitative estimate of drug-likeness (QED) is 0.746. The molecule has 1 N–H and O–H groups in total. The van der Waals surface area contributed by atoms with Gasteiger partial charge in [0.2, 0.25) is 5.91 Å². The van der Waals surface area contributed by atoms with Crippen molar-refractivity contribution >= 4 is 39.9 Å². The van der Waals surface area contributed by atoms with E-state index in [1.54, 1.807) is 24.3 Å². The topological polar surface area (TPSA) is 62.3 Å². The van der Waals surface area contributed by atoms with Crippen LogP contribution >= 0.6 is 22.9 Å². The summed E-state index contributed by atoms with van der Waals surface area (Å²) in [6, 6.07) is 6.64. The van der Waals surface area contributed by atoms with Crippen molar-refractivity contribution in [2.45, 2.75) is 33.1 Å².